The van der Waals surface area contributed by atoms with E-state index in [1.54, 1.807) is 41.6 Å². The number of carbonyl (C=O) groups is 1. The smallest absolute Gasteiger partial charge is 0.127 e. The molecule has 43 heavy (non-hydrogen) atoms. The summed E-state index contributed by atoms with van der Waals surface area (Å²) in [7, 11) is 6.58. The van der Waals surface area contributed by atoms with Crippen LogP contribution >= 0.6 is 0 Å². The van der Waals surface area contributed by atoms with Crippen molar-refractivity contribution in [3.8, 4) is 11.5 Å². The van der Waals surface area contributed by atoms with Crippen molar-refractivity contribution in [2.75, 3.05) is 54.9 Å². The SMILES string of the molecule is COCC(C)OCC(C)O.COCC(C)OCC(C)OC=C(C)c1ccc(OC)cc1.COc1ccc(C(C)C=O)cc1. The molecule has 9 nitrogen and oxygen atoms in total. The van der Waals surface area contributed by atoms with Crippen LogP contribution in [0.25, 0.3) is 5.57 Å². The molecule has 0 radical (unpaired) electrons. The molecule has 0 saturated heterocycles. The molecule has 244 valence electrons. The van der Waals surface area contributed by atoms with Crippen LogP contribution in [-0.2, 0) is 28.5 Å². The maximum Gasteiger partial charge on any atom is 0.127 e. The molecule has 0 saturated carbocycles. The molecule has 1 N–H and O–H groups in total. The van der Waals surface area contributed by atoms with Crippen molar-refractivity contribution in [3.05, 3.63) is 65.9 Å². The zero-order valence-electron chi connectivity index (χ0n) is 27.7. The normalized spacial score (nSPS) is 14.4. The molecule has 2 rings (SSSR count). The Labute approximate surface area is 259 Å². The van der Waals surface area contributed by atoms with Gasteiger partial charge in [0.05, 0.1) is 65.2 Å². The summed E-state index contributed by atoms with van der Waals surface area (Å²) in [5.74, 6) is 1.63. The predicted octanol–water partition coefficient (Wildman–Crippen LogP) is 5.93. The van der Waals surface area contributed by atoms with E-state index < -0.39 is 0 Å². The fraction of sp³-hybridized carbons (Fsp3) is 0.559. The number of hydrogen-bond acceptors (Lipinski definition) is 9. The van der Waals surface area contributed by atoms with Crippen LogP contribution in [-0.4, -0.2) is 90.7 Å². The van der Waals surface area contributed by atoms with Gasteiger partial charge in [0.1, 0.15) is 23.9 Å². The first-order valence-electron chi connectivity index (χ1n) is 14.5. The molecular weight excluding hydrogens is 552 g/mol. The number of rotatable bonds is 17. The zero-order valence-corrected chi connectivity index (χ0v) is 27.7. The number of benzene rings is 2. The summed E-state index contributed by atoms with van der Waals surface area (Å²) >= 11 is 0. The van der Waals surface area contributed by atoms with Crippen molar-refractivity contribution in [2.24, 2.45) is 0 Å². The van der Waals surface area contributed by atoms with Crippen molar-refractivity contribution in [1.29, 1.82) is 0 Å². The number of carbonyl (C=O) groups excluding carboxylic acids is 1. The molecule has 2 aromatic rings. The molecule has 0 aliphatic rings. The Morgan fingerprint density at radius 2 is 1.16 bits per heavy atom. The van der Waals surface area contributed by atoms with Crippen molar-refractivity contribution in [2.45, 2.75) is 71.9 Å². The van der Waals surface area contributed by atoms with Crippen LogP contribution in [0.3, 0.4) is 0 Å². The molecule has 0 spiro atoms. The quantitative estimate of drug-likeness (QED) is 0.173. The molecule has 5 unspecified atom stereocenters. The predicted molar refractivity (Wildman–Crippen MR) is 171 cm³/mol. The summed E-state index contributed by atoms with van der Waals surface area (Å²) in [6, 6.07) is 15.4. The number of aldehydes is 1. The van der Waals surface area contributed by atoms with Gasteiger partial charge in [-0.3, -0.25) is 0 Å². The lowest BCUT2D eigenvalue weighted by molar-refractivity contribution is -0.108. The highest BCUT2D eigenvalue weighted by molar-refractivity contribution is 5.63. The van der Waals surface area contributed by atoms with E-state index in [9.17, 15) is 4.79 Å². The van der Waals surface area contributed by atoms with E-state index in [-0.39, 0.29) is 30.3 Å². The Hall–Kier alpha value is -2.95. The molecule has 0 amide bonds. The summed E-state index contributed by atoms with van der Waals surface area (Å²) in [4.78, 5) is 10.4. The maximum atomic E-state index is 10.4. The van der Waals surface area contributed by atoms with E-state index in [1.807, 2.05) is 83.1 Å². The van der Waals surface area contributed by atoms with Crippen molar-refractivity contribution < 1.29 is 43.1 Å². The Morgan fingerprint density at radius 1 is 0.698 bits per heavy atom. The van der Waals surface area contributed by atoms with Crippen LogP contribution in [0.5, 0.6) is 11.5 Å². The number of allylic oxidation sites excluding steroid dienone is 1. The van der Waals surface area contributed by atoms with Gasteiger partial charge in [0.25, 0.3) is 0 Å². The molecule has 9 heteroatoms. The van der Waals surface area contributed by atoms with Crippen LogP contribution in [0.2, 0.25) is 0 Å². The second-order valence-electron chi connectivity index (χ2n) is 10.2. The standard InChI is InChI=1S/C17H26O4.C10H12O2.C7H16O3/c1-13(16-6-8-17(19-5)9-7-16)10-20-15(3)12-21-14(2)11-18-4;1-8(7-11)9-3-5-10(12-2)6-4-9;1-6(8)4-10-7(2)5-9-3/h6-10,14-15H,11-12H2,1-5H3;3-8H,1-2H3;6-8H,4-5H2,1-3H3. The highest BCUT2D eigenvalue weighted by atomic mass is 16.6. The van der Waals surface area contributed by atoms with Gasteiger partial charge in [0, 0.05) is 20.1 Å². The van der Waals surface area contributed by atoms with E-state index in [4.69, 9.17) is 38.3 Å². The minimum Gasteiger partial charge on any atom is -0.497 e. The number of methoxy groups -OCH3 is 4. The van der Waals surface area contributed by atoms with Gasteiger partial charge in [-0.1, -0.05) is 31.2 Å². The van der Waals surface area contributed by atoms with Crippen LogP contribution in [0.4, 0.5) is 0 Å². The first-order chi connectivity index (χ1) is 20.5. The van der Waals surface area contributed by atoms with Gasteiger partial charge in [0.15, 0.2) is 0 Å². The molecule has 0 fully saturated rings. The molecule has 0 aromatic heterocycles. The van der Waals surface area contributed by atoms with E-state index in [1.165, 1.54) is 0 Å². The van der Waals surface area contributed by atoms with Gasteiger partial charge < -0.3 is 43.1 Å². The largest absolute Gasteiger partial charge is 0.497 e. The first-order valence-corrected chi connectivity index (χ1v) is 14.5. The van der Waals surface area contributed by atoms with Crippen LogP contribution < -0.4 is 9.47 Å². The number of aliphatic hydroxyl groups is 1. The topological polar surface area (TPSA) is 102 Å². The Morgan fingerprint density at radius 3 is 1.58 bits per heavy atom. The average molecular weight is 607 g/mol. The van der Waals surface area contributed by atoms with Gasteiger partial charge >= 0.3 is 0 Å². The van der Waals surface area contributed by atoms with E-state index in [0.29, 0.717) is 26.4 Å². The highest BCUT2D eigenvalue weighted by Gasteiger charge is 2.07. The Bertz CT molecular complexity index is 974. The minimum atomic E-state index is -0.390. The van der Waals surface area contributed by atoms with Crippen molar-refractivity contribution in [1.82, 2.24) is 0 Å². The van der Waals surface area contributed by atoms with Gasteiger partial charge in [-0.15, -0.1) is 0 Å². The van der Waals surface area contributed by atoms with E-state index in [0.717, 1.165) is 34.5 Å². The molecular formula is C34H54O9. The molecule has 0 aliphatic heterocycles. The summed E-state index contributed by atoms with van der Waals surface area (Å²) in [5, 5.41) is 8.80. The fourth-order valence-corrected chi connectivity index (χ4v) is 3.33. The summed E-state index contributed by atoms with van der Waals surface area (Å²) in [6.07, 6.45) is 2.46. The number of aliphatic hydroxyl groups excluding tert-OH is 1. The van der Waals surface area contributed by atoms with Gasteiger partial charge in [0.2, 0.25) is 0 Å². The van der Waals surface area contributed by atoms with Gasteiger partial charge in [-0.2, -0.15) is 0 Å². The molecule has 5 atom stereocenters. The lowest BCUT2D eigenvalue weighted by Crippen LogP contribution is -2.21. The van der Waals surface area contributed by atoms with Gasteiger partial charge in [-0.25, -0.2) is 0 Å². The minimum absolute atomic E-state index is 0.00231. The number of ether oxygens (including phenoxy) is 7. The molecule has 0 aliphatic carbocycles. The fourth-order valence-electron chi connectivity index (χ4n) is 3.33. The third kappa shape index (κ3) is 19.8. The van der Waals surface area contributed by atoms with E-state index in [2.05, 4.69) is 0 Å². The van der Waals surface area contributed by atoms with Crippen LogP contribution in [0.1, 0.15) is 58.6 Å². The van der Waals surface area contributed by atoms with Crippen LogP contribution in [0.15, 0.2) is 54.8 Å². The highest BCUT2D eigenvalue weighted by Crippen LogP contribution is 2.19. The Kier molecular flexibility index (Phi) is 22.8. The summed E-state index contributed by atoms with van der Waals surface area (Å²) < 4.78 is 36.5. The maximum absolute atomic E-state index is 10.4. The monoisotopic (exact) mass is 606 g/mol. The third-order valence-corrected chi connectivity index (χ3v) is 5.91. The molecule has 0 heterocycles. The summed E-state index contributed by atoms with van der Waals surface area (Å²) in [5.41, 5.74) is 3.19. The lowest BCUT2D eigenvalue weighted by Gasteiger charge is -2.16. The van der Waals surface area contributed by atoms with Crippen molar-refractivity contribution >= 4 is 11.9 Å². The third-order valence-electron chi connectivity index (χ3n) is 5.91. The first kappa shape index (κ1) is 40.1. The second kappa shape index (κ2) is 24.5. The molecule has 2 aromatic carbocycles. The zero-order chi connectivity index (χ0) is 32.6. The second-order valence-corrected chi connectivity index (χ2v) is 10.2. The van der Waals surface area contributed by atoms with Crippen LogP contribution in [0, 0.1) is 0 Å². The number of hydrogen-bond donors (Lipinski definition) is 1. The van der Waals surface area contributed by atoms with E-state index >= 15 is 0 Å². The van der Waals surface area contributed by atoms with Gasteiger partial charge in [-0.05, 0) is 75.6 Å². The Balaban J connectivity index is 0.000000678. The average Bonchev–Trinajstić information content (AvgIpc) is 3.02. The van der Waals surface area contributed by atoms with Crippen molar-refractivity contribution in [3.63, 3.8) is 0 Å². The summed E-state index contributed by atoms with van der Waals surface area (Å²) in [6.45, 7) is 13.5. The lowest BCUT2D eigenvalue weighted by atomic mass is 10.0. The molecule has 0 bridgehead atoms.